The Hall–Kier alpha value is -1.42. The summed E-state index contributed by atoms with van der Waals surface area (Å²) in [7, 11) is -4.67. The Bertz CT molecular complexity index is 400. The van der Waals surface area contributed by atoms with E-state index in [4.69, 9.17) is 17.5 Å². The van der Waals surface area contributed by atoms with Gasteiger partial charge < -0.3 is 0 Å². The number of anilines is 1. The molecule has 0 fully saturated rings. The maximum absolute atomic E-state index is 9.86. The molecule has 0 amide bonds. The van der Waals surface area contributed by atoms with E-state index in [2.05, 4.69) is 0 Å². The van der Waals surface area contributed by atoms with E-state index in [0.717, 1.165) is 0 Å². The minimum Gasteiger partial charge on any atom is -0.264 e. The quantitative estimate of drug-likeness (QED) is 0.417. The van der Waals surface area contributed by atoms with E-state index in [1.165, 1.54) is 0 Å². The van der Waals surface area contributed by atoms with E-state index in [1.54, 1.807) is 30.3 Å². The van der Waals surface area contributed by atoms with Gasteiger partial charge in [-0.3, -0.25) is 9.11 Å². The van der Waals surface area contributed by atoms with Crippen LogP contribution in [-0.4, -0.2) is 22.6 Å². The first-order valence-corrected chi connectivity index (χ1v) is 4.84. The topological polar surface area (TPSA) is 130 Å². The molecule has 0 aromatic heterocycles. The number of para-hydroxylation sites is 1. The summed E-state index contributed by atoms with van der Waals surface area (Å²) in [5, 5.41) is 9.28. The number of nitrogens with one attached hydrogen (secondary N) is 1. The van der Waals surface area contributed by atoms with Gasteiger partial charge in [0.25, 0.3) is 0 Å². The first-order chi connectivity index (χ1) is 6.79. The minimum absolute atomic E-state index is 0. The first kappa shape index (κ1) is 17.0. The highest BCUT2D eigenvalue weighted by atomic mass is 35.5. The van der Waals surface area contributed by atoms with Gasteiger partial charge in [0.2, 0.25) is 0 Å². The number of hydrazine groups is 1. The van der Waals surface area contributed by atoms with Crippen LogP contribution in [0.2, 0.25) is 0 Å². The van der Waals surface area contributed by atoms with E-state index < -0.39 is 15.4 Å². The Balaban J connectivity index is 0. The van der Waals surface area contributed by atoms with Crippen molar-refractivity contribution in [1.82, 2.24) is 0 Å². The third-order valence-electron chi connectivity index (χ3n) is 0.994. The number of rotatable bonds is 2. The molecule has 1 aromatic carbocycles. The molecule has 0 atom stereocenters. The molecule has 0 aliphatic heterocycles. The summed E-state index contributed by atoms with van der Waals surface area (Å²) in [5.41, 5.74) is 2.52. The van der Waals surface area contributed by atoms with Crippen molar-refractivity contribution in [2.75, 3.05) is 5.43 Å². The van der Waals surface area contributed by atoms with E-state index >= 15 is 0 Å². The summed E-state index contributed by atoms with van der Waals surface area (Å²) in [6.45, 7) is 0. The SMILES string of the molecule is Cl.O=S(=O)(O)O.O=[N+]([O-])Nc1ccccc1. The number of nitro groups is 1. The highest BCUT2D eigenvalue weighted by Crippen LogP contribution is 2.03. The van der Waals surface area contributed by atoms with Crippen molar-refractivity contribution in [1.29, 1.82) is 0 Å². The van der Waals surface area contributed by atoms with E-state index in [1.807, 2.05) is 5.43 Å². The molecule has 0 unspecified atom stereocenters. The summed E-state index contributed by atoms with van der Waals surface area (Å²) >= 11 is 0. The molecule has 1 rings (SSSR count). The van der Waals surface area contributed by atoms with Gasteiger partial charge in [0, 0.05) is 0 Å². The first-order valence-electron chi connectivity index (χ1n) is 3.45. The second-order valence-electron chi connectivity index (χ2n) is 2.18. The van der Waals surface area contributed by atoms with Crippen LogP contribution in [0, 0.1) is 10.1 Å². The van der Waals surface area contributed by atoms with E-state index in [-0.39, 0.29) is 12.4 Å². The zero-order valence-corrected chi connectivity index (χ0v) is 9.31. The predicted octanol–water partition coefficient (Wildman–Crippen LogP) is 1.06. The highest BCUT2D eigenvalue weighted by molar-refractivity contribution is 7.79. The second-order valence-corrected chi connectivity index (χ2v) is 3.08. The number of halogens is 1. The van der Waals surface area contributed by atoms with Crippen molar-refractivity contribution in [3.63, 3.8) is 0 Å². The maximum atomic E-state index is 9.86. The lowest BCUT2D eigenvalue weighted by Crippen LogP contribution is -2.06. The smallest absolute Gasteiger partial charge is 0.264 e. The largest absolute Gasteiger partial charge is 0.394 e. The van der Waals surface area contributed by atoms with Gasteiger partial charge in [-0.25, -0.2) is 10.1 Å². The van der Waals surface area contributed by atoms with Crippen molar-refractivity contribution in [2.24, 2.45) is 0 Å². The fourth-order valence-corrected chi connectivity index (χ4v) is 0.618. The lowest BCUT2D eigenvalue weighted by molar-refractivity contribution is -0.445. The molecular formula is C6H9ClN2O6S. The van der Waals surface area contributed by atoms with Gasteiger partial charge in [-0.2, -0.15) is 8.42 Å². The molecule has 0 aliphatic carbocycles. The molecule has 0 aliphatic rings. The Kier molecular flexibility index (Phi) is 8.30. The maximum Gasteiger partial charge on any atom is 0.394 e. The average molecular weight is 273 g/mol. The molecule has 92 valence electrons. The van der Waals surface area contributed by atoms with Crippen molar-refractivity contribution >= 4 is 28.5 Å². The van der Waals surface area contributed by atoms with Crippen molar-refractivity contribution in [3.8, 4) is 0 Å². The molecule has 3 N–H and O–H groups in total. The van der Waals surface area contributed by atoms with Gasteiger partial charge in [-0.05, 0) is 12.1 Å². The van der Waals surface area contributed by atoms with Gasteiger partial charge in [-0.1, -0.05) is 18.2 Å². The summed E-state index contributed by atoms with van der Waals surface area (Å²) < 4.78 is 31.6. The molecule has 0 saturated carbocycles. The second kappa shape index (κ2) is 7.82. The number of hydrogen-bond acceptors (Lipinski definition) is 4. The normalized spacial score (nSPS) is 9.12. The third-order valence-corrected chi connectivity index (χ3v) is 0.994. The molecule has 16 heavy (non-hydrogen) atoms. The molecular weight excluding hydrogens is 264 g/mol. The molecule has 0 saturated heterocycles. The highest BCUT2D eigenvalue weighted by Gasteiger charge is 1.93. The lowest BCUT2D eigenvalue weighted by atomic mass is 10.3. The molecule has 1 aromatic rings. The molecule has 0 radical (unpaired) electrons. The van der Waals surface area contributed by atoms with Crippen molar-refractivity contribution in [3.05, 3.63) is 40.4 Å². The average Bonchev–Trinajstić information content (AvgIpc) is 2.01. The van der Waals surface area contributed by atoms with Crippen LogP contribution in [-0.2, 0) is 10.4 Å². The van der Waals surface area contributed by atoms with Crippen LogP contribution < -0.4 is 5.43 Å². The summed E-state index contributed by atoms with van der Waals surface area (Å²) in [4.78, 5) is 9.86. The third kappa shape index (κ3) is 15.1. The summed E-state index contributed by atoms with van der Waals surface area (Å²) in [6, 6.07) is 8.51. The number of hydrogen-bond donors (Lipinski definition) is 3. The Morgan fingerprint density at radius 1 is 1.19 bits per heavy atom. The van der Waals surface area contributed by atoms with Crippen LogP contribution in [0.3, 0.4) is 0 Å². The Morgan fingerprint density at radius 3 is 1.88 bits per heavy atom. The van der Waals surface area contributed by atoms with E-state index in [0.29, 0.717) is 5.69 Å². The van der Waals surface area contributed by atoms with Crippen LogP contribution in [0.25, 0.3) is 0 Å². The van der Waals surface area contributed by atoms with Crippen LogP contribution in [0.15, 0.2) is 30.3 Å². The van der Waals surface area contributed by atoms with Gasteiger partial charge >= 0.3 is 10.4 Å². The Labute approximate surface area is 97.4 Å². The predicted molar refractivity (Wildman–Crippen MR) is 58.5 cm³/mol. The van der Waals surface area contributed by atoms with Gasteiger partial charge in [0.05, 0.1) is 0 Å². The van der Waals surface area contributed by atoms with Crippen molar-refractivity contribution < 1.29 is 22.6 Å². The molecule has 0 bridgehead atoms. The van der Waals surface area contributed by atoms with E-state index in [9.17, 15) is 10.1 Å². The zero-order valence-electron chi connectivity index (χ0n) is 7.68. The monoisotopic (exact) mass is 272 g/mol. The summed E-state index contributed by atoms with van der Waals surface area (Å²) in [6.07, 6.45) is 0. The fraction of sp³-hybridized carbons (Fsp3) is 0. The molecule has 10 heteroatoms. The number of benzene rings is 1. The van der Waals surface area contributed by atoms with Crippen LogP contribution >= 0.6 is 12.4 Å². The van der Waals surface area contributed by atoms with Crippen molar-refractivity contribution in [2.45, 2.75) is 0 Å². The minimum atomic E-state index is -4.67. The summed E-state index contributed by atoms with van der Waals surface area (Å²) in [5.74, 6) is 0. The van der Waals surface area contributed by atoms with Crippen LogP contribution in [0.4, 0.5) is 5.69 Å². The van der Waals surface area contributed by atoms with Gasteiger partial charge in [0.1, 0.15) is 5.69 Å². The fourth-order valence-electron chi connectivity index (χ4n) is 0.618. The van der Waals surface area contributed by atoms with Crippen LogP contribution in [0.5, 0.6) is 0 Å². The van der Waals surface area contributed by atoms with Crippen LogP contribution in [0.1, 0.15) is 0 Å². The molecule has 0 heterocycles. The molecule has 8 nitrogen and oxygen atoms in total. The Morgan fingerprint density at radius 2 is 1.56 bits per heavy atom. The number of nitrogens with zero attached hydrogens (tertiary/aromatic N) is 1. The standard InChI is InChI=1S/C6H6N2O2.ClH.H2O4S/c9-8(10)7-6-4-2-1-3-5-6;;1-5(2,3)4/h1-5,7H;1H;(H2,1,2,3,4). The van der Waals surface area contributed by atoms with Gasteiger partial charge in [0.15, 0.2) is 5.03 Å². The zero-order chi connectivity index (χ0) is 11.9. The van der Waals surface area contributed by atoms with Gasteiger partial charge in [-0.15, -0.1) is 17.8 Å². The lowest BCUT2D eigenvalue weighted by Gasteiger charge is -1.93. The molecule has 0 spiro atoms.